The summed E-state index contributed by atoms with van der Waals surface area (Å²) in [6.07, 6.45) is 0.798. The van der Waals surface area contributed by atoms with E-state index in [1.165, 1.54) is 0 Å². The molecule has 2 amide bonds. The Balaban J connectivity index is 1.43. The molecule has 138 valence electrons. The van der Waals surface area contributed by atoms with Crippen molar-refractivity contribution in [3.05, 3.63) is 59.1 Å². The van der Waals surface area contributed by atoms with Gasteiger partial charge in [0.2, 0.25) is 0 Å². The molecule has 1 fully saturated rings. The van der Waals surface area contributed by atoms with Crippen molar-refractivity contribution in [1.29, 1.82) is 0 Å². The van der Waals surface area contributed by atoms with Crippen molar-refractivity contribution in [2.75, 3.05) is 44.7 Å². The van der Waals surface area contributed by atoms with Crippen LogP contribution in [0.25, 0.3) is 0 Å². The lowest BCUT2D eigenvalue weighted by atomic mass is 10.1. The highest BCUT2D eigenvalue weighted by molar-refractivity contribution is 6.30. The van der Waals surface area contributed by atoms with E-state index in [0.29, 0.717) is 19.6 Å². The Morgan fingerprint density at radius 1 is 1.12 bits per heavy atom. The normalized spacial score (nSPS) is 14.2. The van der Waals surface area contributed by atoms with Gasteiger partial charge < -0.3 is 19.9 Å². The number of benzene rings is 2. The second kappa shape index (κ2) is 8.81. The number of nitrogens with one attached hydrogen (secondary N) is 1. The molecule has 0 atom stereocenters. The van der Waals surface area contributed by atoms with Crippen LogP contribution in [0.3, 0.4) is 0 Å². The van der Waals surface area contributed by atoms with Gasteiger partial charge in [0.05, 0.1) is 7.11 Å². The quantitative estimate of drug-likeness (QED) is 0.873. The Hall–Kier alpha value is -2.40. The molecule has 1 N–H and O–H groups in total. The molecule has 0 aromatic heterocycles. The summed E-state index contributed by atoms with van der Waals surface area (Å²) in [5.41, 5.74) is 2.30. The number of amides is 2. The van der Waals surface area contributed by atoms with Crippen LogP contribution in [-0.4, -0.2) is 50.8 Å². The van der Waals surface area contributed by atoms with Crippen molar-refractivity contribution >= 4 is 23.3 Å². The van der Waals surface area contributed by atoms with Crippen LogP contribution < -0.4 is 15.0 Å². The van der Waals surface area contributed by atoms with E-state index >= 15 is 0 Å². The molecule has 3 rings (SSSR count). The maximum absolute atomic E-state index is 12.3. The summed E-state index contributed by atoms with van der Waals surface area (Å²) in [5, 5.41) is 3.73. The van der Waals surface area contributed by atoms with Gasteiger partial charge in [-0.05, 0) is 36.2 Å². The van der Waals surface area contributed by atoms with Crippen LogP contribution in [0.2, 0.25) is 5.02 Å². The molecule has 2 aromatic carbocycles. The number of methoxy groups -OCH3 is 1. The number of carbonyl (C=O) groups is 1. The van der Waals surface area contributed by atoms with Crippen molar-refractivity contribution in [3.8, 4) is 5.75 Å². The minimum Gasteiger partial charge on any atom is -0.497 e. The first-order valence-electron chi connectivity index (χ1n) is 8.82. The number of anilines is 1. The first-order chi connectivity index (χ1) is 12.7. The zero-order chi connectivity index (χ0) is 18.4. The van der Waals surface area contributed by atoms with Crippen molar-refractivity contribution in [3.63, 3.8) is 0 Å². The number of halogens is 1. The average molecular weight is 374 g/mol. The Morgan fingerprint density at radius 2 is 1.85 bits per heavy atom. The number of piperazine rings is 1. The SMILES string of the molecule is COc1cccc(N2CCN(C(=O)NCCc3ccc(Cl)cc3)CC2)c1. The molecule has 0 saturated carbocycles. The second-order valence-electron chi connectivity index (χ2n) is 6.28. The summed E-state index contributed by atoms with van der Waals surface area (Å²) < 4.78 is 5.28. The fraction of sp³-hybridized carbons (Fsp3) is 0.350. The van der Waals surface area contributed by atoms with Gasteiger partial charge in [-0.3, -0.25) is 0 Å². The first-order valence-corrected chi connectivity index (χ1v) is 9.20. The highest BCUT2D eigenvalue weighted by atomic mass is 35.5. The van der Waals surface area contributed by atoms with E-state index in [2.05, 4.69) is 16.3 Å². The van der Waals surface area contributed by atoms with Gasteiger partial charge in [-0.1, -0.05) is 29.8 Å². The fourth-order valence-electron chi connectivity index (χ4n) is 3.05. The molecule has 0 unspecified atom stereocenters. The van der Waals surface area contributed by atoms with Crippen molar-refractivity contribution in [2.45, 2.75) is 6.42 Å². The van der Waals surface area contributed by atoms with Crippen LogP contribution in [0.5, 0.6) is 5.75 Å². The largest absolute Gasteiger partial charge is 0.497 e. The molecule has 1 aliphatic heterocycles. The Bertz CT molecular complexity index is 728. The molecular formula is C20H24ClN3O2. The second-order valence-corrected chi connectivity index (χ2v) is 6.72. The smallest absolute Gasteiger partial charge is 0.317 e. The number of hydrogen-bond donors (Lipinski definition) is 1. The maximum atomic E-state index is 12.3. The zero-order valence-corrected chi connectivity index (χ0v) is 15.7. The van der Waals surface area contributed by atoms with Gasteiger partial charge in [0.15, 0.2) is 0 Å². The third-order valence-corrected chi connectivity index (χ3v) is 4.84. The summed E-state index contributed by atoms with van der Waals surface area (Å²) in [6, 6.07) is 15.8. The molecule has 0 spiro atoms. The lowest BCUT2D eigenvalue weighted by Crippen LogP contribution is -2.52. The van der Waals surface area contributed by atoms with Crippen LogP contribution >= 0.6 is 11.6 Å². The van der Waals surface area contributed by atoms with Gasteiger partial charge in [0, 0.05) is 49.5 Å². The van der Waals surface area contributed by atoms with Gasteiger partial charge >= 0.3 is 6.03 Å². The predicted molar refractivity (Wildman–Crippen MR) is 105 cm³/mol. The molecule has 26 heavy (non-hydrogen) atoms. The number of nitrogens with zero attached hydrogens (tertiary/aromatic N) is 2. The predicted octanol–water partition coefficient (Wildman–Crippen LogP) is 3.42. The number of rotatable bonds is 5. The molecule has 5 nitrogen and oxygen atoms in total. The molecule has 1 heterocycles. The van der Waals surface area contributed by atoms with E-state index in [4.69, 9.17) is 16.3 Å². The lowest BCUT2D eigenvalue weighted by molar-refractivity contribution is 0.194. The minimum atomic E-state index is 0.00394. The number of ether oxygens (including phenoxy) is 1. The third-order valence-electron chi connectivity index (χ3n) is 4.59. The van der Waals surface area contributed by atoms with E-state index in [-0.39, 0.29) is 6.03 Å². The maximum Gasteiger partial charge on any atom is 0.317 e. The van der Waals surface area contributed by atoms with Crippen LogP contribution in [0.1, 0.15) is 5.56 Å². The first kappa shape index (κ1) is 18.4. The van der Waals surface area contributed by atoms with E-state index in [1.54, 1.807) is 7.11 Å². The minimum absolute atomic E-state index is 0.00394. The van der Waals surface area contributed by atoms with Crippen molar-refractivity contribution in [1.82, 2.24) is 10.2 Å². The number of carbonyl (C=O) groups excluding carboxylic acids is 1. The van der Waals surface area contributed by atoms with E-state index in [1.807, 2.05) is 47.4 Å². The van der Waals surface area contributed by atoms with E-state index in [9.17, 15) is 4.79 Å². The summed E-state index contributed by atoms with van der Waals surface area (Å²) >= 11 is 5.88. The summed E-state index contributed by atoms with van der Waals surface area (Å²) in [7, 11) is 1.67. The monoisotopic (exact) mass is 373 g/mol. The summed E-state index contributed by atoms with van der Waals surface area (Å²) in [6.45, 7) is 3.68. The van der Waals surface area contributed by atoms with Gasteiger partial charge in [-0.15, -0.1) is 0 Å². The molecule has 0 bridgehead atoms. The molecule has 0 aliphatic carbocycles. The standard InChI is InChI=1S/C20H24ClN3O2/c1-26-19-4-2-3-18(15-19)23-11-13-24(14-12-23)20(25)22-10-9-16-5-7-17(21)8-6-16/h2-8,15H,9-14H2,1H3,(H,22,25). The number of urea groups is 1. The number of hydrogen-bond acceptors (Lipinski definition) is 3. The molecule has 1 aliphatic rings. The molecule has 6 heteroatoms. The van der Waals surface area contributed by atoms with Gasteiger partial charge in [-0.25, -0.2) is 4.79 Å². The summed E-state index contributed by atoms with van der Waals surface area (Å²) in [5.74, 6) is 0.852. The van der Waals surface area contributed by atoms with Crippen molar-refractivity contribution < 1.29 is 9.53 Å². The zero-order valence-electron chi connectivity index (χ0n) is 15.0. The third kappa shape index (κ3) is 4.82. The van der Waals surface area contributed by atoms with Crippen LogP contribution in [0.4, 0.5) is 10.5 Å². The van der Waals surface area contributed by atoms with Gasteiger partial charge in [0.25, 0.3) is 0 Å². The van der Waals surface area contributed by atoms with Crippen LogP contribution in [-0.2, 0) is 6.42 Å². The van der Waals surface area contributed by atoms with E-state index < -0.39 is 0 Å². The van der Waals surface area contributed by atoms with E-state index in [0.717, 1.165) is 41.5 Å². The lowest BCUT2D eigenvalue weighted by Gasteiger charge is -2.36. The van der Waals surface area contributed by atoms with Gasteiger partial charge in [-0.2, -0.15) is 0 Å². The Labute approximate surface area is 159 Å². The molecule has 0 radical (unpaired) electrons. The Morgan fingerprint density at radius 3 is 2.54 bits per heavy atom. The molecule has 2 aromatic rings. The highest BCUT2D eigenvalue weighted by Gasteiger charge is 2.21. The summed E-state index contributed by atoms with van der Waals surface area (Å²) in [4.78, 5) is 16.5. The van der Waals surface area contributed by atoms with Crippen LogP contribution in [0.15, 0.2) is 48.5 Å². The topological polar surface area (TPSA) is 44.8 Å². The highest BCUT2D eigenvalue weighted by Crippen LogP contribution is 2.22. The van der Waals surface area contributed by atoms with Gasteiger partial charge in [0.1, 0.15) is 5.75 Å². The van der Waals surface area contributed by atoms with Crippen molar-refractivity contribution in [2.24, 2.45) is 0 Å². The molecule has 1 saturated heterocycles. The molecular weight excluding hydrogens is 350 g/mol. The fourth-order valence-corrected chi connectivity index (χ4v) is 3.18. The average Bonchev–Trinajstić information content (AvgIpc) is 2.69. The van der Waals surface area contributed by atoms with Crippen LogP contribution in [0, 0.1) is 0 Å². The Kier molecular flexibility index (Phi) is 6.23.